The first kappa shape index (κ1) is 12.6. The van der Waals surface area contributed by atoms with Gasteiger partial charge in [-0.15, -0.1) is 0 Å². The number of nitrogens with one attached hydrogen (secondary N) is 2. The van der Waals surface area contributed by atoms with E-state index in [1.54, 1.807) is 10.7 Å². The summed E-state index contributed by atoms with van der Waals surface area (Å²) < 4.78 is 7.40. The van der Waals surface area contributed by atoms with E-state index in [2.05, 4.69) is 10.7 Å². The third-order valence-electron chi connectivity index (χ3n) is 3.41. The Morgan fingerprint density at radius 3 is 2.75 bits per heavy atom. The van der Waals surface area contributed by atoms with Crippen molar-refractivity contribution in [3.8, 4) is 5.75 Å². The van der Waals surface area contributed by atoms with Gasteiger partial charge in [0.25, 0.3) is 5.91 Å². The zero-order chi connectivity index (χ0) is 14.1. The molecule has 5 nitrogen and oxygen atoms in total. The number of hydrogen-bond donors (Lipinski definition) is 2. The Bertz CT molecular complexity index is 642. The Kier molecular flexibility index (Phi) is 3.10. The lowest BCUT2D eigenvalue weighted by Crippen LogP contribution is -2.27. The second-order valence-electron chi connectivity index (χ2n) is 4.85. The highest BCUT2D eigenvalue weighted by atomic mass is 16.5. The van der Waals surface area contributed by atoms with Gasteiger partial charge in [0.15, 0.2) is 5.75 Å². The predicted molar refractivity (Wildman–Crippen MR) is 78.0 cm³/mol. The highest BCUT2D eigenvalue weighted by Crippen LogP contribution is 2.31. The van der Waals surface area contributed by atoms with Gasteiger partial charge in [-0.05, 0) is 38.1 Å². The topological polar surface area (TPSA) is 55.3 Å². The maximum absolute atomic E-state index is 12.4. The average molecular weight is 271 g/mol. The molecule has 0 saturated heterocycles. The number of ether oxygens (including phenoxy) is 1. The molecule has 0 atom stereocenters. The van der Waals surface area contributed by atoms with Gasteiger partial charge >= 0.3 is 0 Å². The summed E-state index contributed by atoms with van der Waals surface area (Å²) in [4.78, 5) is 12.4. The van der Waals surface area contributed by atoms with Crippen molar-refractivity contribution in [3.63, 3.8) is 0 Å². The number of nitrogens with zero attached hydrogens (tertiary/aromatic N) is 1. The van der Waals surface area contributed by atoms with Crippen LogP contribution in [-0.4, -0.2) is 23.7 Å². The van der Waals surface area contributed by atoms with Gasteiger partial charge in [-0.1, -0.05) is 6.07 Å². The molecule has 0 fully saturated rings. The molecule has 5 heteroatoms. The molecule has 1 amide bonds. The summed E-state index contributed by atoms with van der Waals surface area (Å²) in [6.07, 6.45) is 0. The van der Waals surface area contributed by atoms with E-state index in [0.717, 1.165) is 23.6 Å². The number of aryl methyl sites for hydroxylation is 2. The van der Waals surface area contributed by atoms with Crippen LogP contribution in [0.15, 0.2) is 30.3 Å². The number of anilines is 1. The van der Waals surface area contributed by atoms with E-state index in [4.69, 9.17) is 4.74 Å². The minimum Gasteiger partial charge on any atom is -0.489 e. The Labute approximate surface area is 117 Å². The molecule has 0 unspecified atom stereocenters. The van der Waals surface area contributed by atoms with Gasteiger partial charge in [0.2, 0.25) is 0 Å². The smallest absolute Gasteiger partial charge is 0.273 e. The summed E-state index contributed by atoms with van der Waals surface area (Å²) in [5.41, 5.74) is 6.28. The number of rotatable bonds is 2. The summed E-state index contributed by atoms with van der Waals surface area (Å²) in [5, 5.41) is 3.23. The van der Waals surface area contributed by atoms with E-state index < -0.39 is 0 Å². The number of fused-ring (bicyclic) bond motifs is 1. The number of para-hydroxylation sites is 1. The Hall–Kier alpha value is -2.43. The average Bonchev–Trinajstić information content (AvgIpc) is 2.78. The number of benzene rings is 1. The number of carbonyl (C=O) groups excluding carboxylic acids is 1. The fourth-order valence-electron chi connectivity index (χ4n) is 2.36. The lowest BCUT2D eigenvalue weighted by Gasteiger charge is -2.21. The van der Waals surface area contributed by atoms with Crippen molar-refractivity contribution in [1.82, 2.24) is 4.68 Å². The summed E-state index contributed by atoms with van der Waals surface area (Å²) in [5.74, 6) is 0.451. The van der Waals surface area contributed by atoms with Crippen LogP contribution in [0.1, 0.15) is 21.7 Å². The van der Waals surface area contributed by atoms with Gasteiger partial charge in [-0.2, -0.15) is 0 Å². The molecule has 2 N–H and O–H groups in total. The van der Waals surface area contributed by atoms with E-state index in [-0.39, 0.29) is 5.91 Å². The Morgan fingerprint density at radius 1 is 1.25 bits per heavy atom. The minimum absolute atomic E-state index is 0.173. The third-order valence-corrected chi connectivity index (χ3v) is 3.41. The molecule has 3 rings (SSSR count). The molecular formula is C15H17N3O2. The van der Waals surface area contributed by atoms with E-state index in [1.807, 2.05) is 38.1 Å². The molecule has 0 radical (unpaired) electrons. The van der Waals surface area contributed by atoms with E-state index in [0.29, 0.717) is 17.9 Å². The Morgan fingerprint density at radius 2 is 2.00 bits per heavy atom. The van der Waals surface area contributed by atoms with Crippen LogP contribution in [0.3, 0.4) is 0 Å². The van der Waals surface area contributed by atoms with E-state index in [1.165, 1.54) is 0 Å². The normalized spacial score (nSPS) is 13.1. The Balaban J connectivity index is 1.92. The largest absolute Gasteiger partial charge is 0.489 e. The second-order valence-corrected chi connectivity index (χ2v) is 4.85. The van der Waals surface area contributed by atoms with Crippen LogP contribution < -0.4 is 15.5 Å². The van der Waals surface area contributed by atoms with Crippen LogP contribution in [0.25, 0.3) is 0 Å². The van der Waals surface area contributed by atoms with Crippen LogP contribution in [0, 0.1) is 13.8 Å². The number of carbonyl (C=O) groups is 1. The van der Waals surface area contributed by atoms with Crippen LogP contribution in [0.2, 0.25) is 0 Å². The monoisotopic (exact) mass is 271 g/mol. The predicted octanol–water partition coefficient (Wildman–Crippen LogP) is 2.29. The molecule has 1 aromatic carbocycles. The molecule has 2 aromatic rings. The molecule has 2 heterocycles. The van der Waals surface area contributed by atoms with Crippen LogP contribution in [0.5, 0.6) is 5.75 Å². The van der Waals surface area contributed by atoms with Gasteiger partial charge in [0, 0.05) is 17.9 Å². The summed E-state index contributed by atoms with van der Waals surface area (Å²) >= 11 is 0. The SMILES string of the molecule is Cc1ccc(C)n1NC(=O)c1cccc2c1OCCN2. The quantitative estimate of drug-likeness (QED) is 0.881. The summed E-state index contributed by atoms with van der Waals surface area (Å²) in [7, 11) is 0. The van der Waals surface area contributed by atoms with Gasteiger partial charge in [-0.25, -0.2) is 0 Å². The molecule has 0 bridgehead atoms. The van der Waals surface area contributed by atoms with Crippen molar-refractivity contribution in [3.05, 3.63) is 47.3 Å². The summed E-state index contributed by atoms with van der Waals surface area (Å²) in [6.45, 7) is 5.23. The van der Waals surface area contributed by atoms with Crippen molar-refractivity contribution in [2.24, 2.45) is 0 Å². The van der Waals surface area contributed by atoms with E-state index in [9.17, 15) is 4.79 Å². The number of hydrogen-bond acceptors (Lipinski definition) is 3. The standard InChI is InChI=1S/C15H17N3O2/c1-10-6-7-11(2)18(10)17-15(19)12-4-3-5-13-14(12)20-9-8-16-13/h3-7,16H,8-9H2,1-2H3,(H,17,19). The number of amides is 1. The van der Waals surface area contributed by atoms with Crippen LogP contribution in [0.4, 0.5) is 5.69 Å². The molecule has 0 spiro atoms. The van der Waals surface area contributed by atoms with Crippen molar-refractivity contribution in [2.45, 2.75) is 13.8 Å². The van der Waals surface area contributed by atoms with Gasteiger partial charge in [0.05, 0.1) is 11.3 Å². The molecular weight excluding hydrogens is 254 g/mol. The lowest BCUT2D eigenvalue weighted by molar-refractivity contribution is 0.100. The molecule has 1 aliphatic heterocycles. The summed E-state index contributed by atoms with van der Waals surface area (Å²) in [6, 6.07) is 9.47. The van der Waals surface area contributed by atoms with Gasteiger partial charge in [0.1, 0.15) is 6.61 Å². The highest BCUT2D eigenvalue weighted by Gasteiger charge is 2.19. The lowest BCUT2D eigenvalue weighted by atomic mass is 10.1. The van der Waals surface area contributed by atoms with Crippen molar-refractivity contribution >= 4 is 11.6 Å². The van der Waals surface area contributed by atoms with Gasteiger partial charge in [-0.3, -0.25) is 14.9 Å². The first-order valence-corrected chi connectivity index (χ1v) is 6.63. The second kappa shape index (κ2) is 4.92. The molecule has 104 valence electrons. The molecule has 1 aliphatic rings. The fraction of sp³-hybridized carbons (Fsp3) is 0.267. The maximum atomic E-state index is 12.4. The molecule has 1 aromatic heterocycles. The first-order chi connectivity index (χ1) is 9.66. The van der Waals surface area contributed by atoms with Crippen molar-refractivity contribution < 1.29 is 9.53 Å². The number of aromatic nitrogens is 1. The highest BCUT2D eigenvalue weighted by molar-refractivity contribution is 6.03. The zero-order valence-corrected chi connectivity index (χ0v) is 11.6. The van der Waals surface area contributed by atoms with Crippen molar-refractivity contribution in [2.75, 3.05) is 23.9 Å². The van der Waals surface area contributed by atoms with Crippen LogP contribution >= 0.6 is 0 Å². The zero-order valence-electron chi connectivity index (χ0n) is 11.6. The molecule has 20 heavy (non-hydrogen) atoms. The van der Waals surface area contributed by atoms with Crippen LogP contribution in [-0.2, 0) is 0 Å². The van der Waals surface area contributed by atoms with Gasteiger partial charge < -0.3 is 10.1 Å². The fourth-order valence-corrected chi connectivity index (χ4v) is 2.36. The molecule has 0 saturated carbocycles. The van der Waals surface area contributed by atoms with Crippen molar-refractivity contribution in [1.29, 1.82) is 0 Å². The minimum atomic E-state index is -0.173. The first-order valence-electron chi connectivity index (χ1n) is 6.63. The molecule has 0 aliphatic carbocycles. The maximum Gasteiger partial charge on any atom is 0.273 e. The third kappa shape index (κ3) is 2.11. The van der Waals surface area contributed by atoms with E-state index >= 15 is 0 Å².